The van der Waals surface area contributed by atoms with Crippen LogP contribution in [0, 0.1) is 13.8 Å². The Kier molecular flexibility index (Phi) is 4.24. The molecule has 0 fully saturated rings. The summed E-state index contributed by atoms with van der Waals surface area (Å²) in [5, 5.41) is 9.81. The predicted octanol–water partition coefficient (Wildman–Crippen LogP) is 3.02. The van der Waals surface area contributed by atoms with E-state index < -0.39 is 0 Å². The summed E-state index contributed by atoms with van der Waals surface area (Å²) in [6.07, 6.45) is 1.46. The van der Waals surface area contributed by atoms with Crippen molar-refractivity contribution >= 4 is 29.2 Å². The molecule has 2 N–H and O–H groups in total. The van der Waals surface area contributed by atoms with E-state index >= 15 is 0 Å². The number of hydrogen-bond acceptors (Lipinski definition) is 5. The second-order valence-electron chi connectivity index (χ2n) is 4.26. The number of hydrogen-bond donors (Lipinski definition) is 2. The molecule has 2 rings (SSSR count). The Bertz CT molecular complexity index is 639. The third-order valence-electron chi connectivity index (χ3n) is 2.83. The van der Waals surface area contributed by atoms with Crippen molar-refractivity contribution in [3.8, 4) is 0 Å². The van der Waals surface area contributed by atoms with Gasteiger partial charge in [-0.15, -0.1) is 0 Å². The molecule has 0 aromatic carbocycles. The maximum Gasteiger partial charge on any atom is 0.259 e. The number of pyridine rings is 1. The van der Waals surface area contributed by atoms with E-state index in [2.05, 4.69) is 20.8 Å². The lowest BCUT2D eigenvalue weighted by Crippen LogP contribution is -2.13. The molecule has 7 heteroatoms. The fourth-order valence-corrected chi connectivity index (χ4v) is 1.80. The smallest absolute Gasteiger partial charge is 0.259 e. The molecule has 0 bridgehead atoms. The van der Waals surface area contributed by atoms with Crippen molar-refractivity contribution in [2.75, 3.05) is 17.2 Å². The van der Waals surface area contributed by atoms with E-state index in [-0.39, 0.29) is 5.91 Å². The van der Waals surface area contributed by atoms with Gasteiger partial charge < -0.3 is 9.84 Å². The second-order valence-corrected chi connectivity index (χ2v) is 4.67. The van der Waals surface area contributed by atoms with Gasteiger partial charge in [0.05, 0.1) is 16.3 Å². The zero-order valence-corrected chi connectivity index (χ0v) is 12.2. The lowest BCUT2D eigenvalue weighted by atomic mass is 10.2. The fraction of sp³-hybridized carbons (Fsp3) is 0.308. The van der Waals surface area contributed by atoms with Crippen LogP contribution >= 0.6 is 11.6 Å². The molecule has 2 aromatic rings. The van der Waals surface area contributed by atoms with Gasteiger partial charge in [0.1, 0.15) is 5.82 Å². The van der Waals surface area contributed by atoms with E-state index in [9.17, 15) is 4.79 Å². The first-order chi connectivity index (χ1) is 9.52. The first-order valence-corrected chi connectivity index (χ1v) is 6.54. The van der Waals surface area contributed by atoms with E-state index in [4.69, 9.17) is 16.1 Å². The Balaban J connectivity index is 2.17. The number of halogens is 1. The van der Waals surface area contributed by atoms with Crippen LogP contribution in [-0.4, -0.2) is 22.6 Å². The molecule has 1 amide bonds. The van der Waals surface area contributed by atoms with Crippen molar-refractivity contribution in [3.05, 3.63) is 34.1 Å². The largest absolute Gasteiger partial charge is 0.369 e. The lowest BCUT2D eigenvalue weighted by Gasteiger charge is -2.07. The van der Waals surface area contributed by atoms with E-state index in [0.717, 1.165) is 11.3 Å². The maximum atomic E-state index is 12.1. The number of rotatable bonds is 4. The van der Waals surface area contributed by atoms with Crippen LogP contribution in [0.3, 0.4) is 0 Å². The van der Waals surface area contributed by atoms with Crippen LogP contribution in [0.2, 0.25) is 5.02 Å². The summed E-state index contributed by atoms with van der Waals surface area (Å²) >= 11 is 6.05. The third kappa shape index (κ3) is 2.91. The summed E-state index contributed by atoms with van der Waals surface area (Å²) < 4.78 is 5.03. The first-order valence-electron chi connectivity index (χ1n) is 6.16. The molecule has 2 heterocycles. The van der Waals surface area contributed by atoms with Crippen molar-refractivity contribution in [1.29, 1.82) is 0 Å². The van der Waals surface area contributed by atoms with Crippen LogP contribution in [-0.2, 0) is 0 Å². The normalized spacial score (nSPS) is 10.4. The van der Waals surface area contributed by atoms with Crippen molar-refractivity contribution in [1.82, 2.24) is 10.1 Å². The Morgan fingerprint density at radius 3 is 2.75 bits per heavy atom. The summed E-state index contributed by atoms with van der Waals surface area (Å²) in [4.78, 5) is 16.2. The monoisotopic (exact) mass is 294 g/mol. The van der Waals surface area contributed by atoms with Crippen LogP contribution in [0.1, 0.15) is 28.5 Å². The zero-order chi connectivity index (χ0) is 14.7. The highest BCUT2D eigenvalue weighted by molar-refractivity contribution is 6.33. The molecule has 20 heavy (non-hydrogen) atoms. The topological polar surface area (TPSA) is 80.0 Å². The average Bonchev–Trinajstić information content (AvgIpc) is 2.73. The number of carbonyl (C=O) groups excluding carboxylic acids is 1. The SMILES string of the molecule is CCNc1ncc(C(=O)Nc2onc(C)c2C)cc1Cl. The Morgan fingerprint density at radius 1 is 1.45 bits per heavy atom. The van der Waals surface area contributed by atoms with E-state index in [1.807, 2.05) is 13.8 Å². The molecule has 0 saturated carbocycles. The summed E-state index contributed by atoms with van der Waals surface area (Å²) in [6.45, 7) is 6.27. The maximum absolute atomic E-state index is 12.1. The number of carbonyl (C=O) groups is 1. The molecule has 0 atom stereocenters. The molecule has 2 aromatic heterocycles. The van der Waals surface area contributed by atoms with Crippen LogP contribution < -0.4 is 10.6 Å². The summed E-state index contributed by atoms with van der Waals surface area (Å²) in [6, 6.07) is 1.56. The highest BCUT2D eigenvalue weighted by atomic mass is 35.5. The van der Waals surface area contributed by atoms with E-state index in [1.54, 1.807) is 13.0 Å². The molecule has 0 aliphatic carbocycles. The van der Waals surface area contributed by atoms with Crippen molar-refractivity contribution in [3.63, 3.8) is 0 Å². The third-order valence-corrected chi connectivity index (χ3v) is 3.12. The summed E-state index contributed by atoms with van der Waals surface area (Å²) in [7, 11) is 0. The quantitative estimate of drug-likeness (QED) is 0.906. The van der Waals surface area contributed by atoms with Crippen molar-refractivity contribution in [2.45, 2.75) is 20.8 Å². The molecule has 0 spiro atoms. The summed E-state index contributed by atoms with van der Waals surface area (Å²) in [5.41, 5.74) is 1.88. The second kappa shape index (κ2) is 5.92. The van der Waals surface area contributed by atoms with Gasteiger partial charge in [-0.2, -0.15) is 0 Å². The van der Waals surface area contributed by atoms with E-state index in [1.165, 1.54) is 6.20 Å². The van der Waals surface area contributed by atoms with Crippen LogP contribution in [0.4, 0.5) is 11.7 Å². The van der Waals surface area contributed by atoms with Gasteiger partial charge in [-0.05, 0) is 26.8 Å². The van der Waals surface area contributed by atoms with Gasteiger partial charge in [0.2, 0.25) is 5.88 Å². The van der Waals surface area contributed by atoms with Gasteiger partial charge in [-0.1, -0.05) is 16.8 Å². The van der Waals surface area contributed by atoms with Gasteiger partial charge >= 0.3 is 0 Å². The summed E-state index contributed by atoms with van der Waals surface area (Å²) in [5.74, 6) is 0.540. The Morgan fingerprint density at radius 2 is 2.20 bits per heavy atom. The minimum Gasteiger partial charge on any atom is -0.369 e. The van der Waals surface area contributed by atoms with Crippen LogP contribution in [0.15, 0.2) is 16.8 Å². The van der Waals surface area contributed by atoms with Gasteiger partial charge in [-0.25, -0.2) is 4.98 Å². The van der Waals surface area contributed by atoms with Crippen LogP contribution in [0.5, 0.6) is 0 Å². The first kappa shape index (κ1) is 14.3. The number of aromatic nitrogens is 2. The minimum atomic E-state index is -0.346. The molecule has 106 valence electrons. The standard InChI is InChI=1S/C13H15ClN4O2/c1-4-15-11-10(14)5-9(6-16-11)12(19)17-13-7(2)8(3)18-20-13/h5-6H,4H2,1-3H3,(H,15,16)(H,17,19). The van der Waals surface area contributed by atoms with Gasteiger partial charge in [0.15, 0.2) is 0 Å². The highest BCUT2D eigenvalue weighted by Crippen LogP contribution is 2.22. The molecule has 6 nitrogen and oxygen atoms in total. The molecule has 0 radical (unpaired) electrons. The predicted molar refractivity (Wildman–Crippen MR) is 77.3 cm³/mol. The molecular formula is C13H15ClN4O2. The van der Waals surface area contributed by atoms with Gasteiger partial charge in [-0.3, -0.25) is 10.1 Å². The van der Waals surface area contributed by atoms with Crippen molar-refractivity contribution in [2.24, 2.45) is 0 Å². The molecule has 0 aliphatic heterocycles. The number of anilines is 2. The number of nitrogens with one attached hydrogen (secondary N) is 2. The average molecular weight is 295 g/mol. The number of amides is 1. The van der Waals surface area contributed by atoms with Crippen LogP contribution in [0.25, 0.3) is 0 Å². The minimum absolute atomic E-state index is 0.333. The lowest BCUT2D eigenvalue weighted by molar-refractivity contribution is 0.102. The molecule has 0 unspecified atom stereocenters. The number of aryl methyl sites for hydroxylation is 1. The Hall–Kier alpha value is -2.08. The van der Waals surface area contributed by atoms with Gasteiger partial charge in [0, 0.05) is 18.3 Å². The Labute approximate surface area is 121 Å². The fourth-order valence-electron chi connectivity index (χ4n) is 1.57. The molecular weight excluding hydrogens is 280 g/mol. The highest BCUT2D eigenvalue weighted by Gasteiger charge is 2.14. The van der Waals surface area contributed by atoms with Crippen molar-refractivity contribution < 1.29 is 9.32 Å². The van der Waals surface area contributed by atoms with E-state index in [0.29, 0.717) is 28.8 Å². The molecule has 0 saturated heterocycles. The number of nitrogens with zero attached hydrogens (tertiary/aromatic N) is 2. The van der Waals surface area contributed by atoms with Gasteiger partial charge in [0.25, 0.3) is 5.91 Å². The zero-order valence-electron chi connectivity index (χ0n) is 11.5. The molecule has 0 aliphatic rings.